The average Bonchev–Trinajstić information content (AvgIpc) is 2.72. The second-order valence-electron chi connectivity index (χ2n) is 6.35. The zero-order valence-corrected chi connectivity index (χ0v) is 13.6. The predicted molar refractivity (Wildman–Crippen MR) is 82.0 cm³/mol. The summed E-state index contributed by atoms with van der Waals surface area (Å²) in [5.41, 5.74) is 1.17. The molecule has 0 aliphatic carbocycles. The van der Waals surface area contributed by atoms with Gasteiger partial charge in [-0.1, -0.05) is 0 Å². The van der Waals surface area contributed by atoms with E-state index in [1.807, 2.05) is 26.5 Å². The number of likely N-dealkylation sites (N-methyl/N-ethyl adjacent to an activating group) is 1. The van der Waals surface area contributed by atoms with Gasteiger partial charge >= 0.3 is 0 Å². The van der Waals surface area contributed by atoms with Crippen LogP contribution in [0, 0.1) is 0 Å². The van der Waals surface area contributed by atoms with E-state index >= 15 is 0 Å². The van der Waals surface area contributed by atoms with Crippen molar-refractivity contribution in [3.63, 3.8) is 0 Å². The van der Waals surface area contributed by atoms with Crippen molar-refractivity contribution in [1.29, 1.82) is 0 Å². The quantitative estimate of drug-likeness (QED) is 0.819. The molecule has 0 radical (unpaired) electrons. The van der Waals surface area contributed by atoms with E-state index in [0.29, 0.717) is 13.1 Å². The minimum absolute atomic E-state index is 0.245. The third-order valence-electron chi connectivity index (χ3n) is 3.70. The first-order chi connectivity index (χ1) is 9.92. The molecule has 1 aromatic heterocycles. The van der Waals surface area contributed by atoms with Crippen LogP contribution in [0.2, 0.25) is 0 Å². The Hall–Kier alpha value is -0.950. The summed E-state index contributed by atoms with van der Waals surface area (Å²) in [6.07, 6.45) is 4.02. The lowest BCUT2D eigenvalue weighted by atomic mass is 10.2. The molecule has 1 aliphatic rings. The van der Waals surface area contributed by atoms with Gasteiger partial charge in [-0.2, -0.15) is 5.10 Å². The lowest BCUT2D eigenvalue weighted by Gasteiger charge is -2.36. The van der Waals surface area contributed by atoms with Crippen LogP contribution in [-0.4, -0.2) is 76.2 Å². The largest absolute Gasteiger partial charge is 0.390 e. The number of aliphatic hydroxyl groups is 1. The first-order valence-electron chi connectivity index (χ1n) is 7.64. The Morgan fingerprint density at radius 1 is 1.43 bits per heavy atom. The van der Waals surface area contributed by atoms with Crippen LogP contribution in [0.4, 0.5) is 0 Å². The van der Waals surface area contributed by atoms with Gasteiger partial charge in [0.15, 0.2) is 0 Å². The molecule has 0 aromatic carbocycles. The van der Waals surface area contributed by atoms with Gasteiger partial charge in [0.05, 0.1) is 24.5 Å². The monoisotopic (exact) mass is 296 g/mol. The number of aryl methyl sites for hydroxylation is 1. The van der Waals surface area contributed by atoms with Crippen LogP contribution in [0.3, 0.4) is 0 Å². The second-order valence-corrected chi connectivity index (χ2v) is 6.35. The van der Waals surface area contributed by atoms with E-state index < -0.39 is 0 Å². The van der Waals surface area contributed by atoms with Gasteiger partial charge in [-0.05, 0) is 20.9 Å². The topological polar surface area (TPSA) is 53.8 Å². The van der Waals surface area contributed by atoms with Gasteiger partial charge < -0.3 is 9.84 Å². The summed E-state index contributed by atoms with van der Waals surface area (Å²) in [6.45, 7) is 8.14. The van der Waals surface area contributed by atoms with Gasteiger partial charge in [-0.25, -0.2) is 0 Å². The minimum atomic E-state index is -0.343. The Balaban J connectivity index is 1.74. The third-order valence-corrected chi connectivity index (χ3v) is 3.70. The maximum Gasteiger partial charge on any atom is 0.0793 e. The number of aromatic nitrogens is 2. The molecular formula is C15H28N4O2. The van der Waals surface area contributed by atoms with E-state index in [1.54, 1.807) is 4.68 Å². The van der Waals surface area contributed by atoms with Gasteiger partial charge in [0.25, 0.3) is 0 Å². The number of β-amino-alcohol motifs (C(OH)–C–C–N with tert-alkyl or cyclic N) is 1. The Labute approximate surface area is 127 Å². The molecule has 1 fully saturated rings. The number of rotatable bonds is 6. The van der Waals surface area contributed by atoms with Crippen LogP contribution in [0.5, 0.6) is 0 Å². The molecule has 3 unspecified atom stereocenters. The van der Waals surface area contributed by atoms with Gasteiger partial charge in [0.1, 0.15) is 0 Å². The van der Waals surface area contributed by atoms with Crippen molar-refractivity contribution in [2.45, 2.75) is 38.7 Å². The van der Waals surface area contributed by atoms with Crippen molar-refractivity contribution in [1.82, 2.24) is 19.6 Å². The van der Waals surface area contributed by atoms with Crippen molar-refractivity contribution >= 4 is 0 Å². The molecule has 3 atom stereocenters. The summed E-state index contributed by atoms with van der Waals surface area (Å²) >= 11 is 0. The lowest BCUT2D eigenvalue weighted by Crippen LogP contribution is -2.49. The van der Waals surface area contributed by atoms with Crippen LogP contribution in [0.15, 0.2) is 12.4 Å². The molecule has 0 saturated carbocycles. The number of aliphatic hydroxyl groups excluding tert-OH is 1. The molecular weight excluding hydrogens is 268 g/mol. The fraction of sp³-hybridized carbons (Fsp3) is 0.800. The number of hydrogen-bond acceptors (Lipinski definition) is 5. The van der Waals surface area contributed by atoms with Gasteiger partial charge in [-0.15, -0.1) is 0 Å². The van der Waals surface area contributed by atoms with Crippen LogP contribution < -0.4 is 0 Å². The zero-order valence-electron chi connectivity index (χ0n) is 13.6. The van der Waals surface area contributed by atoms with Crippen molar-refractivity contribution in [2.24, 2.45) is 7.05 Å². The van der Waals surface area contributed by atoms with Gasteiger partial charge in [-0.3, -0.25) is 14.5 Å². The highest BCUT2D eigenvalue weighted by Gasteiger charge is 2.24. The molecule has 1 aromatic rings. The van der Waals surface area contributed by atoms with E-state index in [2.05, 4.69) is 28.7 Å². The summed E-state index contributed by atoms with van der Waals surface area (Å²) in [6, 6.07) is 0. The summed E-state index contributed by atoms with van der Waals surface area (Å²) in [5, 5.41) is 14.4. The fourth-order valence-electron chi connectivity index (χ4n) is 3.08. The van der Waals surface area contributed by atoms with E-state index in [9.17, 15) is 5.11 Å². The van der Waals surface area contributed by atoms with Crippen LogP contribution >= 0.6 is 0 Å². The van der Waals surface area contributed by atoms with Crippen LogP contribution in [0.25, 0.3) is 0 Å². The first-order valence-corrected chi connectivity index (χ1v) is 7.64. The maximum absolute atomic E-state index is 10.3. The van der Waals surface area contributed by atoms with E-state index in [0.717, 1.165) is 19.6 Å². The molecule has 0 spiro atoms. The minimum Gasteiger partial charge on any atom is -0.390 e. The number of hydrogen-bond donors (Lipinski definition) is 1. The summed E-state index contributed by atoms with van der Waals surface area (Å²) in [7, 11) is 3.94. The highest BCUT2D eigenvalue weighted by molar-refractivity contribution is 5.03. The van der Waals surface area contributed by atoms with Gasteiger partial charge in [0, 0.05) is 51.5 Å². The number of nitrogens with zero attached hydrogens (tertiary/aromatic N) is 4. The molecule has 120 valence electrons. The summed E-state index contributed by atoms with van der Waals surface area (Å²) in [4.78, 5) is 4.43. The summed E-state index contributed by atoms with van der Waals surface area (Å²) in [5.74, 6) is 0. The van der Waals surface area contributed by atoms with Crippen LogP contribution in [0.1, 0.15) is 19.4 Å². The Kier molecular flexibility index (Phi) is 5.75. The molecule has 2 rings (SSSR count). The van der Waals surface area contributed by atoms with Crippen LogP contribution in [-0.2, 0) is 18.3 Å². The molecule has 6 heteroatoms. The van der Waals surface area contributed by atoms with Gasteiger partial charge in [0.2, 0.25) is 0 Å². The molecule has 2 heterocycles. The molecule has 1 saturated heterocycles. The van der Waals surface area contributed by atoms with E-state index in [-0.39, 0.29) is 18.3 Å². The number of ether oxygens (including phenoxy) is 1. The summed E-state index contributed by atoms with van der Waals surface area (Å²) < 4.78 is 7.52. The maximum atomic E-state index is 10.3. The Bertz CT molecular complexity index is 427. The number of morpholine rings is 1. The molecule has 0 amide bonds. The molecule has 6 nitrogen and oxygen atoms in total. The highest BCUT2D eigenvalue weighted by atomic mass is 16.5. The fourth-order valence-corrected chi connectivity index (χ4v) is 3.08. The first kappa shape index (κ1) is 16.4. The predicted octanol–water partition coefficient (Wildman–Crippen LogP) is 0.322. The standard InChI is InChI=1S/C15H28N4O2/c1-12-6-19(7-13(2)21-12)11-15(20)10-17(3)8-14-5-16-18(4)9-14/h5,9,12-13,15,20H,6-8,10-11H2,1-4H3. The van der Waals surface area contributed by atoms with Crippen molar-refractivity contribution < 1.29 is 9.84 Å². The normalized spacial score (nSPS) is 25.4. The highest BCUT2D eigenvalue weighted by Crippen LogP contribution is 2.11. The van der Waals surface area contributed by atoms with E-state index in [1.165, 1.54) is 5.56 Å². The van der Waals surface area contributed by atoms with Crippen molar-refractivity contribution in [3.8, 4) is 0 Å². The van der Waals surface area contributed by atoms with Crippen molar-refractivity contribution in [3.05, 3.63) is 18.0 Å². The Morgan fingerprint density at radius 3 is 2.67 bits per heavy atom. The molecule has 1 N–H and O–H groups in total. The smallest absolute Gasteiger partial charge is 0.0793 e. The van der Waals surface area contributed by atoms with Crippen molar-refractivity contribution in [2.75, 3.05) is 33.2 Å². The van der Waals surface area contributed by atoms with E-state index in [4.69, 9.17) is 4.74 Å². The Morgan fingerprint density at radius 2 is 2.10 bits per heavy atom. The second kappa shape index (κ2) is 7.35. The third kappa shape index (κ3) is 5.39. The SMILES string of the molecule is CC1CN(CC(O)CN(C)Cc2cnn(C)c2)CC(C)O1. The molecule has 21 heavy (non-hydrogen) atoms. The average molecular weight is 296 g/mol. The zero-order chi connectivity index (χ0) is 15.4. The lowest BCUT2D eigenvalue weighted by molar-refractivity contribution is -0.0777. The molecule has 0 bridgehead atoms. The molecule has 1 aliphatic heterocycles.